The van der Waals surface area contributed by atoms with Crippen LogP contribution in [0.2, 0.25) is 0 Å². The van der Waals surface area contributed by atoms with E-state index in [4.69, 9.17) is 0 Å². The fraction of sp³-hybridized carbons (Fsp3) is 0.364. The molecule has 30 heavy (non-hydrogen) atoms. The number of aromatic nitrogens is 4. The van der Waals surface area contributed by atoms with Crippen molar-refractivity contribution in [2.24, 2.45) is 7.05 Å². The Morgan fingerprint density at radius 1 is 1.20 bits per heavy atom. The highest BCUT2D eigenvalue weighted by atomic mass is 16.3. The number of aryl methyl sites for hydroxylation is 1. The summed E-state index contributed by atoms with van der Waals surface area (Å²) in [5, 5.41) is 20.9. The Hall–Kier alpha value is -3.42. The van der Waals surface area contributed by atoms with Crippen LogP contribution in [0.15, 0.2) is 47.5 Å². The molecule has 0 atom stereocenters. The quantitative estimate of drug-likeness (QED) is 0.675. The van der Waals surface area contributed by atoms with Gasteiger partial charge in [0.15, 0.2) is 11.4 Å². The van der Waals surface area contributed by atoms with Crippen LogP contribution in [0.1, 0.15) is 41.7 Å². The summed E-state index contributed by atoms with van der Waals surface area (Å²) in [7, 11) is 3.35. The fourth-order valence-corrected chi connectivity index (χ4v) is 4.42. The van der Waals surface area contributed by atoms with Crippen molar-refractivity contribution in [3.63, 3.8) is 0 Å². The van der Waals surface area contributed by atoms with Gasteiger partial charge in [0.1, 0.15) is 0 Å². The highest BCUT2D eigenvalue weighted by Crippen LogP contribution is 2.43. The Morgan fingerprint density at radius 2 is 1.90 bits per heavy atom. The number of benzene rings is 1. The summed E-state index contributed by atoms with van der Waals surface area (Å²) >= 11 is 0. The minimum atomic E-state index is -0.758. The molecule has 0 spiro atoms. The van der Waals surface area contributed by atoms with Crippen molar-refractivity contribution in [2.45, 2.75) is 37.6 Å². The lowest BCUT2D eigenvalue weighted by atomic mass is 9.78. The Kier molecular flexibility index (Phi) is 5.15. The molecule has 0 aliphatic heterocycles. The van der Waals surface area contributed by atoms with Crippen molar-refractivity contribution in [1.82, 2.24) is 24.9 Å². The summed E-state index contributed by atoms with van der Waals surface area (Å²) in [6.07, 6.45) is 7.23. The van der Waals surface area contributed by atoms with Crippen molar-refractivity contribution in [2.75, 3.05) is 7.05 Å². The van der Waals surface area contributed by atoms with Crippen LogP contribution in [-0.2, 0) is 19.0 Å². The third-order valence-electron chi connectivity index (χ3n) is 6.03. The summed E-state index contributed by atoms with van der Waals surface area (Å²) in [5.74, 6) is -1.08. The predicted molar refractivity (Wildman–Crippen MR) is 112 cm³/mol. The van der Waals surface area contributed by atoms with Crippen LogP contribution in [-0.4, -0.2) is 37.6 Å². The largest absolute Gasteiger partial charge is 0.503 e. The topological polar surface area (TPSA) is 102 Å². The molecule has 2 aromatic heterocycles. The van der Waals surface area contributed by atoms with E-state index < -0.39 is 17.1 Å². The molecule has 2 heterocycles. The van der Waals surface area contributed by atoms with E-state index in [1.165, 1.54) is 23.5 Å². The zero-order valence-corrected chi connectivity index (χ0v) is 17.1. The molecular formula is C22H25N5O3. The summed E-state index contributed by atoms with van der Waals surface area (Å²) in [5.41, 5.74) is 2.10. The number of amides is 1. The lowest BCUT2D eigenvalue weighted by Gasteiger charge is -2.30. The smallest absolute Gasteiger partial charge is 0.275 e. The first kappa shape index (κ1) is 19.9. The average molecular weight is 407 g/mol. The number of carbonyl (C=O) groups is 1. The zero-order chi connectivity index (χ0) is 21.3. The third kappa shape index (κ3) is 3.49. The van der Waals surface area contributed by atoms with Crippen molar-refractivity contribution in [3.8, 4) is 17.0 Å². The molecule has 1 fully saturated rings. The first-order valence-corrected chi connectivity index (χ1v) is 10.1. The molecule has 1 aliphatic carbocycles. The highest BCUT2D eigenvalue weighted by molar-refractivity contribution is 5.92. The van der Waals surface area contributed by atoms with Crippen LogP contribution < -0.4 is 10.7 Å². The summed E-state index contributed by atoms with van der Waals surface area (Å²) in [6, 6.07) is 10.4. The zero-order valence-electron chi connectivity index (χ0n) is 17.1. The number of aromatic hydroxyl groups is 1. The van der Waals surface area contributed by atoms with E-state index in [-0.39, 0.29) is 11.1 Å². The SMILES string of the molecule is CNC(=O)c1nn(CC2(c3ccc(-c4ccnn4C)cc3)CCCC2)cc(O)c1=O. The monoisotopic (exact) mass is 407 g/mol. The number of carbonyl (C=O) groups excluding carboxylic acids is 1. The third-order valence-corrected chi connectivity index (χ3v) is 6.03. The second kappa shape index (κ2) is 7.78. The van der Waals surface area contributed by atoms with Crippen LogP contribution in [0.25, 0.3) is 11.3 Å². The number of hydrogen-bond donors (Lipinski definition) is 2. The average Bonchev–Trinajstić information content (AvgIpc) is 3.40. The minimum Gasteiger partial charge on any atom is -0.503 e. The van der Waals surface area contributed by atoms with Crippen LogP contribution in [0.3, 0.4) is 0 Å². The van der Waals surface area contributed by atoms with Gasteiger partial charge in [-0.1, -0.05) is 37.1 Å². The lowest BCUT2D eigenvalue weighted by molar-refractivity contribution is 0.0953. The summed E-state index contributed by atoms with van der Waals surface area (Å²) < 4.78 is 3.37. The second-order valence-electron chi connectivity index (χ2n) is 7.87. The molecule has 0 unspecified atom stereocenters. The van der Waals surface area contributed by atoms with Gasteiger partial charge in [0.05, 0.1) is 18.4 Å². The first-order valence-electron chi connectivity index (χ1n) is 10.1. The van der Waals surface area contributed by atoms with Crippen LogP contribution in [0, 0.1) is 0 Å². The van der Waals surface area contributed by atoms with E-state index >= 15 is 0 Å². The maximum atomic E-state index is 12.1. The Morgan fingerprint density at radius 3 is 2.50 bits per heavy atom. The van der Waals surface area contributed by atoms with Gasteiger partial charge in [-0.15, -0.1) is 0 Å². The van der Waals surface area contributed by atoms with Gasteiger partial charge < -0.3 is 10.4 Å². The fourth-order valence-electron chi connectivity index (χ4n) is 4.42. The standard InChI is InChI=1S/C22H25N5O3/c1-23-21(30)19-20(29)18(28)13-27(25-19)14-22(10-3-4-11-22)16-7-5-15(6-8-16)17-9-12-24-26(17)2/h5-9,12-13,28H,3-4,10-11,14H2,1-2H3,(H,23,30). The summed E-state index contributed by atoms with van der Waals surface area (Å²) in [6.45, 7) is 0.482. The highest BCUT2D eigenvalue weighted by Gasteiger charge is 2.36. The molecule has 2 N–H and O–H groups in total. The number of nitrogens with zero attached hydrogens (tertiary/aromatic N) is 4. The van der Waals surface area contributed by atoms with Crippen molar-refractivity contribution in [1.29, 1.82) is 0 Å². The van der Waals surface area contributed by atoms with Gasteiger partial charge >= 0.3 is 0 Å². The Labute approximate surface area is 174 Å². The predicted octanol–water partition coefficient (Wildman–Crippen LogP) is 2.22. The molecule has 1 aliphatic rings. The molecule has 3 aromatic rings. The molecule has 8 heteroatoms. The Balaban J connectivity index is 1.69. The molecule has 4 rings (SSSR count). The van der Waals surface area contributed by atoms with Gasteiger partial charge in [0.25, 0.3) is 11.3 Å². The molecule has 156 valence electrons. The molecule has 0 bridgehead atoms. The van der Waals surface area contributed by atoms with Gasteiger partial charge in [-0.3, -0.25) is 19.0 Å². The van der Waals surface area contributed by atoms with E-state index in [1.54, 1.807) is 6.20 Å². The molecule has 0 radical (unpaired) electrons. The van der Waals surface area contributed by atoms with Gasteiger partial charge in [0, 0.05) is 25.7 Å². The number of rotatable bonds is 5. The molecule has 1 aromatic carbocycles. The number of nitrogens with one attached hydrogen (secondary N) is 1. The molecular weight excluding hydrogens is 382 g/mol. The van der Waals surface area contributed by atoms with Crippen LogP contribution >= 0.6 is 0 Å². The molecule has 0 saturated heterocycles. The van der Waals surface area contributed by atoms with Crippen LogP contribution in [0.4, 0.5) is 0 Å². The van der Waals surface area contributed by atoms with Gasteiger partial charge in [-0.05, 0) is 30.0 Å². The van der Waals surface area contributed by atoms with Crippen molar-refractivity contribution in [3.05, 3.63) is 64.2 Å². The minimum absolute atomic E-state index is 0.167. The maximum absolute atomic E-state index is 12.1. The van der Waals surface area contributed by atoms with E-state index in [2.05, 4.69) is 39.8 Å². The van der Waals surface area contributed by atoms with Crippen molar-refractivity contribution < 1.29 is 9.90 Å². The van der Waals surface area contributed by atoms with Gasteiger partial charge in [-0.25, -0.2) is 0 Å². The van der Waals surface area contributed by atoms with Gasteiger partial charge in [0.2, 0.25) is 0 Å². The van der Waals surface area contributed by atoms with E-state index in [1.807, 2.05) is 17.8 Å². The molecule has 1 saturated carbocycles. The van der Waals surface area contributed by atoms with Gasteiger partial charge in [-0.2, -0.15) is 10.2 Å². The summed E-state index contributed by atoms with van der Waals surface area (Å²) in [4.78, 5) is 24.1. The van der Waals surface area contributed by atoms with Crippen molar-refractivity contribution >= 4 is 5.91 Å². The maximum Gasteiger partial charge on any atom is 0.275 e. The van der Waals surface area contributed by atoms with E-state index in [0.29, 0.717) is 6.54 Å². The van der Waals surface area contributed by atoms with Crippen LogP contribution in [0.5, 0.6) is 5.75 Å². The molecule has 8 nitrogen and oxygen atoms in total. The lowest BCUT2D eigenvalue weighted by Crippen LogP contribution is -2.33. The van der Waals surface area contributed by atoms with E-state index in [9.17, 15) is 14.7 Å². The van der Waals surface area contributed by atoms with E-state index in [0.717, 1.165) is 36.9 Å². The normalized spacial score (nSPS) is 15.3. The molecule has 1 amide bonds. The second-order valence-corrected chi connectivity index (χ2v) is 7.87. The first-order chi connectivity index (χ1) is 14.4. The number of hydrogen-bond acceptors (Lipinski definition) is 5. The Bertz CT molecular complexity index is 1120.